The molecule has 8 heteroatoms. The lowest BCUT2D eigenvalue weighted by molar-refractivity contribution is -0.139. The fourth-order valence-corrected chi connectivity index (χ4v) is 5.16. The number of nitrogens with zero attached hydrogens (tertiary/aromatic N) is 1. The Labute approximate surface area is 215 Å². The first-order valence-corrected chi connectivity index (χ1v) is 12.1. The SMILES string of the molecule is COc1ccc(/C(O)=C2\C(=O)C(=O)N(CCc3ccc(F)cc3)C2c2c[nH]c3ccccc23)cc1Br. The number of fused-ring (bicyclic) bond motifs is 1. The van der Waals surface area contributed by atoms with Gasteiger partial charge in [0.2, 0.25) is 0 Å². The first-order chi connectivity index (χ1) is 17.4. The number of Topliss-reactive ketones (excluding diaryl/α,β-unsaturated/α-hetero) is 1. The average Bonchev–Trinajstić information content (AvgIpc) is 3.41. The summed E-state index contributed by atoms with van der Waals surface area (Å²) in [4.78, 5) is 31.3. The third kappa shape index (κ3) is 4.18. The molecule has 6 nitrogen and oxygen atoms in total. The number of carbonyl (C=O) groups is 2. The zero-order valence-corrected chi connectivity index (χ0v) is 20.9. The van der Waals surface area contributed by atoms with Crippen molar-refractivity contribution in [2.24, 2.45) is 0 Å². The molecule has 2 heterocycles. The largest absolute Gasteiger partial charge is 0.507 e. The van der Waals surface area contributed by atoms with Crippen LogP contribution in [0.15, 0.2) is 83.0 Å². The number of para-hydroxylation sites is 1. The van der Waals surface area contributed by atoms with E-state index in [2.05, 4.69) is 20.9 Å². The molecule has 5 rings (SSSR count). The maximum Gasteiger partial charge on any atom is 0.295 e. The Kier molecular flexibility index (Phi) is 6.36. The van der Waals surface area contributed by atoms with E-state index in [1.54, 1.807) is 36.5 Å². The molecule has 1 unspecified atom stereocenters. The van der Waals surface area contributed by atoms with Crippen molar-refractivity contribution in [1.82, 2.24) is 9.88 Å². The molecule has 3 aromatic carbocycles. The second-order valence-corrected chi connectivity index (χ2v) is 9.36. The maximum atomic E-state index is 13.4. The minimum atomic E-state index is -0.803. The van der Waals surface area contributed by atoms with Crippen LogP contribution in [0.5, 0.6) is 5.75 Å². The van der Waals surface area contributed by atoms with E-state index >= 15 is 0 Å². The van der Waals surface area contributed by atoms with Gasteiger partial charge >= 0.3 is 0 Å². The highest BCUT2D eigenvalue weighted by molar-refractivity contribution is 9.10. The van der Waals surface area contributed by atoms with Crippen molar-refractivity contribution in [2.45, 2.75) is 12.5 Å². The molecule has 2 N–H and O–H groups in total. The number of hydrogen-bond donors (Lipinski definition) is 2. The van der Waals surface area contributed by atoms with Crippen LogP contribution >= 0.6 is 15.9 Å². The van der Waals surface area contributed by atoms with Crippen molar-refractivity contribution in [3.05, 3.63) is 105 Å². The lowest BCUT2D eigenvalue weighted by Crippen LogP contribution is -2.31. The summed E-state index contributed by atoms with van der Waals surface area (Å²) in [6, 6.07) is 17.8. The Morgan fingerprint density at radius 2 is 1.86 bits per heavy atom. The predicted octanol–water partition coefficient (Wildman–Crippen LogP) is 5.74. The fraction of sp³-hybridized carbons (Fsp3) is 0.143. The van der Waals surface area contributed by atoms with Crippen LogP contribution in [0.2, 0.25) is 0 Å². The first-order valence-electron chi connectivity index (χ1n) is 11.3. The van der Waals surface area contributed by atoms with Crippen molar-refractivity contribution in [3.8, 4) is 5.75 Å². The molecule has 0 aliphatic carbocycles. The number of nitrogens with one attached hydrogen (secondary N) is 1. The molecule has 1 aromatic heterocycles. The van der Waals surface area contributed by atoms with Crippen LogP contribution in [0, 0.1) is 5.82 Å². The molecule has 36 heavy (non-hydrogen) atoms. The maximum absolute atomic E-state index is 13.4. The van der Waals surface area contributed by atoms with Crippen LogP contribution in [0.3, 0.4) is 0 Å². The Morgan fingerprint density at radius 1 is 1.11 bits per heavy atom. The molecule has 0 saturated carbocycles. The van der Waals surface area contributed by atoms with Crippen LogP contribution in [-0.2, 0) is 16.0 Å². The third-order valence-corrected chi connectivity index (χ3v) is 7.06. The Morgan fingerprint density at radius 3 is 2.58 bits per heavy atom. The van der Waals surface area contributed by atoms with Crippen molar-refractivity contribution < 1.29 is 23.8 Å². The van der Waals surface area contributed by atoms with Gasteiger partial charge in [-0.15, -0.1) is 0 Å². The molecule has 0 bridgehead atoms. The minimum Gasteiger partial charge on any atom is -0.507 e. The zero-order chi connectivity index (χ0) is 25.4. The average molecular weight is 549 g/mol. The van der Waals surface area contributed by atoms with Gasteiger partial charge in [-0.3, -0.25) is 9.59 Å². The fourth-order valence-electron chi connectivity index (χ4n) is 4.62. The molecule has 0 radical (unpaired) electrons. The Hall–Kier alpha value is -3.91. The van der Waals surface area contributed by atoms with Gasteiger partial charge in [0.05, 0.1) is 23.2 Å². The number of benzene rings is 3. The minimum absolute atomic E-state index is 0.0147. The van der Waals surface area contributed by atoms with Gasteiger partial charge in [0.15, 0.2) is 0 Å². The van der Waals surface area contributed by atoms with Crippen LogP contribution < -0.4 is 4.74 Å². The number of hydrogen-bond acceptors (Lipinski definition) is 4. The molecule has 182 valence electrons. The number of H-pyrrole nitrogens is 1. The monoisotopic (exact) mass is 548 g/mol. The molecule has 1 aliphatic heterocycles. The molecule has 4 aromatic rings. The predicted molar refractivity (Wildman–Crippen MR) is 138 cm³/mol. The van der Waals surface area contributed by atoms with Gasteiger partial charge in [-0.2, -0.15) is 0 Å². The van der Waals surface area contributed by atoms with Crippen molar-refractivity contribution in [3.63, 3.8) is 0 Å². The number of amides is 1. The van der Waals surface area contributed by atoms with Gasteiger partial charge in [-0.05, 0) is 64.3 Å². The zero-order valence-electron chi connectivity index (χ0n) is 19.3. The summed E-state index contributed by atoms with van der Waals surface area (Å²) in [7, 11) is 1.53. The van der Waals surface area contributed by atoms with Gasteiger partial charge in [-0.1, -0.05) is 30.3 Å². The number of aromatic nitrogens is 1. The summed E-state index contributed by atoms with van der Waals surface area (Å²) in [5, 5.41) is 12.2. The van der Waals surface area contributed by atoms with Gasteiger partial charge in [0.25, 0.3) is 11.7 Å². The number of ketones is 1. The highest BCUT2D eigenvalue weighted by atomic mass is 79.9. The molecular weight excluding hydrogens is 527 g/mol. The second kappa shape index (κ2) is 9.62. The number of ether oxygens (including phenoxy) is 1. The smallest absolute Gasteiger partial charge is 0.295 e. The number of aliphatic hydroxyl groups excluding tert-OH is 1. The van der Waals surface area contributed by atoms with E-state index < -0.39 is 17.7 Å². The van der Waals surface area contributed by atoms with Gasteiger partial charge in [0.1, 0.15) is 17.3 Å². The van der Waals surface area contributed by atoms with Crippen molar-refractivity contribution >= 4 is 44.3 Å². The number of carbonyl (C=O) groups excluding carboxylic acids is 2. The van der Waals surface area contributed by atoms with E-state index in [4.69, 9.17) is 4.74 Å². The lowest BCUT2D eigenvalue weighted by Gasteiger charge is -2.25. The highest BCUT2D eigenvalue weighted by Crippen LogP contribution is 2.42. The standard InChI is InChI=1S/C28H22BrFN2O4/c1-36-23-11-8-17(14-21(23)29)26(33)24-25(20-15-31-22-5-3-2-4-19(20)22)32(28(35)27(24)34)13-12-16-6-9-18(30)10-7-16/h2-11,14-15,25,31,33H,12-13H2,1H3/b26-24+. The molecule has 1 saturated heterocycles. The number of rotatable bonds is 6. The first kappa shape index (κ1) is 23.8. The van der Waals surface area contributed by atoms with Crippen molar-refractivity contribution in [1.29, 1.82) is 0 Å². The van der Waals surface area contributed by atoms with Gasteiger partial charge in [-0.25, -0.2) is 4.39 Å². The molecular formula is C28H22BrFN2O4. The summed E-state index contributed by atoms with van der Waals surface area (Å²) >= 11 is 3.41. The third-order valence-electron chi connectivity index (χ3n) is 6.44. The molecule has 1 amide bonds. The van der Waals surface area contributed by atoms with Crippen molar-refractivity contribution in [2.75, 3.05) is 13.7 Å². The summed E-state index contributed by atoms with van der Waals surface area (Å²) in [5.41, 5.74) is 2.78. The van der Waals surface area contributed by atoms with E-state index in [0.29, 0.717) is 27.8 Å². The van der Waals surface area contributed by atoms with E-state index in [-0.39, 0.29) is 23.7 Å². The number of aliphatic hydroxyl groups is 1. The number of aromatic amines is 1. The van der Waals surface area contributed by atoms with Crippen LogP contribution in [-0.4, -0.2) is 40.3 Å². The van der Waals surface area contributed by atoms with Gasteiger partial charge in [0, 0.05) is 34.8 Å². The normalized spacial score (nSPS) is 17.2. The van der Waals surface area contributed by atoms with Crippen LogP contribution in [0.25, 0.3) is 16.7 Å². The summed E-state index contributed by atoms with van der Waals surface area (Å²) in [5.74, 6) is -1.49. The van der Waals surface area contributed by atoms with E-state index in [9.17, 15) is 19.1 Å². The summed E-state index contributed by atoms with van der Waals surface area (Å²) in [6.07, 6.45) is 2.18. The molecule has 1 fully saturated rings. The molecule has 0 spiro atoms. The van der Waals surface area contributed by atoms with Crippen LogP contribution in [0.1, 0.15) is 22.7 Å². The van der Waals surface area contributed by atoms with E-state index in [1.807, 2.05) is 24.3 Å². The van der Waals surface area contributed by atoms with E-state index in [0.717, 1.165) is 16.5 Å². The lowest BCUT2D eigenvalue weighted by atomic mass is 9.94. The summed E-state index contributed by atoms with van der Waals surface area (Å²) in [6.45, 7) is 0.212. The Balaban J connectivity index is 1.62. The number of methoxy groups -OCH3 is 1. The molecule has 1 aliphatic rings. The van der Waals surface area contributed by atoms with Gasteiger partial charge < -0.3 is 19.7 Å². The number of halogens is 2. The van der Waals surface area contributed by atoms with Crippen LogP contribution in [0.4, 0.5) is 4.39 Å². The Bertz CT molecular complexity index is 1510. The highest BCUT2D eigenvalue weighted by Gasteiger charge is 2.46. The molecule has 1 atom stereocenters. The topological polar surface area (TPSA) is 82.6 Å². The number of likely N-dealkylation sites (tertiary alicyclic amines) is 1. The second-order valence-electron chi connectivity index (χ2n) is 8.51. The summed E-state index contributed by atoms with van der Waals surface area (Å²) < 4.78 is 19.2. The van der Waals surface area contributed by atoms with E-state index in [1.165, 1.54) is 24.1 Å². The quantitative estimate of drug-likeness (QED) is 0.183.